The summed E-state index contributed by atoms with van der Waals surface area (Å²) in [4.78, 5) is 21.1. The second-order valence-corrected chi connectivity index (χ2v) is 4.41. The maximum atomic E-state index is 11.4. The van der Waals surface area contributed by atoms with Crippen LogP contribution in [-0.2, 0) is 16.0 Å². The van der Waals surface area contributed by atoms with E-state index in [4.69, 9.17) is 4.74 Å². The molecule has 0 heterocycles. The molecule has 0 radical (unpaired) electrons. The van der Waals surface area contributed by atoms with Gasteiger partial charge in [0, 0.05) is 18.1 Å². The standard InChI is InChI=1S/C11H12BrNO4/c1-2-17-11(14)9(12)7-8-5-3-4-6-10(8)13(15)16/h3-6,9H,2,7H2,1H3/t9-/m1/s1. The molecule has 0 spiro atoms. The molecule has 0 N–H and O–H groups in total. The van der Waals surface area contributed by atoms with Crippen LogP contribution in [0.4, 0.5) is 5.69 Å². The Hall–Kier alpha value is -1.43. The van der Waals surface area contributed by atoms with Gasteiger partial charge >= 0.3 is 5.97 Å². The van der Waals surface area contributed by atoms with Gasteiger partial charge in [0.2, 0.25) is 0 Å². The highest BCUT2D eigenvalue weighted by atomic mass is 79.9. The SMILES string of the molecule is CCOC(=O)[C@H](Br)Cc1ccccc1[N+](=O)[O-]. The number of halogens is 1. The number of nitro groups is 1. The minimum atomic E-state index is -0.566. The van der Waals surface area contributed by atoms with Crippen molar-refractivity contribution in [3.63, 3.8) is 0 Å². The first-order valence-electron chi connectivity index (χ1n) is 5.09. The summed E-state index contributed by atoms with van der Waals surface area (Å²) in [5.41, 5.74) is 0.522. The number of esters is 1. The Bertz CT molecular complexity index is 422. The second-order valence-electron chi connectivity index (χ2n) is 3.31. The van der Waals surface area contributed by atoms with E-state index >= 15 is 0 Å². The number of rotatable bonds is 5. The van der Waals surface area contributed by atoms with Crippen molar-refractivity contribution in [3.05, 3.63) is 39.9 Å². The molecule has 1 rings (SSSR count). The number of carbonyl (C=O) groups is 1. The van der Waals surface area contributed by atoms with E-state index in [1.807, 2.05) is 0 Å². The summed E-state index contributed by atoms with van der Waals surface area (Å²) in [5, 5.41) is 10.8. The van der Waals surface area contributed by atoms with E-state index in [2.05, 4.69) is 15.9 Å². The van der Waals surface area contributed by atoms with E-state index < -0.39 is 15.7 Å². The molecule has 0 saturated heterocycles. The molecule has 0 fully saturated rings. The van der Waals surface area contributed by atoms with Crippen molar-refractivity contribution < 1.29 is 14.5 Å². The largest absolute Gasteiger partial charge is 0.465 e. The van der Waals surface area contributed by atoms with Crippen LogP contribution in [0.5, 0.6) is 0 Å². The molecule has 5 nitrogen and oxygen atoms in total. The quantitative estimate of drug-likeness (QED) is 0.362. The zero-order valence-electron chi connectivity index (χ0n) is 9.26. The third-order valence-corrected chi connectivity index (χ3v) is 2.83. The molecule has 0 aliphatic heterocycles. The number of alkyl halides is 1. The van der Waals surface area contributed by atoms with E-state index in [-0.39, 0.29) is 18.7 Å². The van der Waals surface area contributed by atoms with Crippen molar-refractivity contribution in [2.24, 2.45) is 0 Å². The van der Waals surface area contributed by atoms with Crippen LogP contribution in [0.25, 0.3) is 0 Å². The number of hydrogen-bond donors (Lipinski definition) is 0. The third kappa shape index (κ3) is 3.81. The van der Waals surface area contributed by atoms with Gasteiger partial charge in [0.1, 0.15) is 4.83 Å². The molecular formula is C11H12BrNO4. The Labute approximate surface area is 107 Å². The second kappa shape index (κ2) is 6.34. The van der Waals surface area contributed by atoms with Crippen LogP contribution in [0.2, 0.25) is 0 Å². The Morgan fingerprint density at radius 2 is 2.18 bits per heavy atom. The third-order valence-electron chi connectivity index (χ3n) is 2.13. The van der Waals surface area contributed by atoms with Gasteiger partial charge in [0.05, 0.1) is 11.5 Å². The lowest BCUT2D eigenvalue weighted by atomic mass is 10.1. The number of benzene rings is 1. The molecule has 0 saturated carbocycles. The van der Waals surface area contributed by atoms with Crippen LogP contribution >= 0.6 is 15.9 Å². The van der Waals surface area contributed by atoms with E-state index in [0.29, 0.717) is 5.56 Å². The molecular weight excluding hydrogens is 290 g/mol. The summed E-state index contributed by atoms with van der Waals surface area (Å²) >= 11 is 3.17. The van der Waals surface area contributed by atoms with Crippen molar-refractivity contribution in [1.82, 2.24) is 0 Å². The van der Waals surface area contributed by atoms with E-state index in [1.54, 1.807) is 25.1 Å². The average Bonchev–Trinajstić information content (AvgIpc) is 2.29. The van der Waals surface area contributed by atoms with Crippen LogP contribution in [-0.4, -0.2) is 22.3 Å². The zero-order valence-corrected chi connectivity index (χ0v) is 10.8. The molecule has 1 aromatic carbocycles. The van der Waals surface area contributed by atoms with Gasteiger partial charge in [-0.05, 0) is 6.92 Å². The predicted molar refractivity (Wildman–Crippen MR) is 66.1 cm³/mol. The van der Waals surface area contributed by atoms with E-state index in [0.717, 1.165) is 0 Å². The molecule has 0 aliphatic rings. The van der Waals surface area contributed by atoms with Gasteiger partial charge in [-0.3, -0.25) is 14.9 Å². The number of nitro benzene ring substituents is 1. The predicted octanol–water partition coefficient (Wildman–Crippen LogP) is 2.46. The van der Waals surface area contributed by atoms with Gasteiger partial charge in [0.15, 0.2) is 0 Å². The number of hydrogen-bond acceptors (Lipinski definition) is 4. The summed E-state index contributed by atoms with van der Waals surface area (Å²) in [7, 11) is 0. The van der Waals surface area contributed by atoms with E-state index in [9.17, 15) is 14.9 Å². The number of para-hydroxylation sites is 1. The van der Waals surface area contributed by atoms with E-state index in [1.165, 1.54) is 6.07 Å². The summed E-state index contributed by atoms with van der Waals surface area (Å²) in [5.74, 6) is -0.411. The molecule has 6 heteroatoms. The van der Waals surface area contributed by atoms with Gasteiger partial charge in [-0.1, -0.05) is 34.1 Å². The molecule has 17 heavy (non-hydrogen) atoms. The summed E-state index contributed by atoms with van der Waals surface area (Å²) < 4.78 is 4.82. The smallest absolute Gasteiger partial charge is 0.320 e. The van der Waals surface area contributed by atoms with Crippen molar-refractivity contribution in [2.75, 3.05) is 6.61 Å². The summed E-state index contributed by atoms with van der Waals surface area (Å²) in [6.07, 6.45) is 0.232. The van der Waals surface area contributed by atoms with Gasteiger partial charge in [-0.2, -0.15) is 0 Å². The fourth-order valence-corrected chi connectivity index (χ4v) is 1.85. The summed E-state index contributed by atoms with van der Waals surface area (Å²) in [6, 6.07) is 6.34. The minimum Gasteiger partial charge on any atom is -0.465 e. The first kappa shape index (κ1) is 13.6. The normalized spacial score (nSPS) is 11.9. The van der Waals surface area contributed by atoms with Crippen LogP contribution < -0.4 is 0 Å². The molecule has 0 unspecified atom stereocenters. The van der Waals surface area contributed by atoms with Crippen molar-refractivity contribution >= 4 is 27.6 Å². The Morgan fingerprint density at radius 1 is 1.53 bits per heavy atom. The Morgan fingerprint density at radius 3 is 2.76 bits per heavy atom. The monoisotopic (exact) mass is 301 g/mol. The van der Waals surface area contributed by atoms with Crippen LogP contribution in [0.15, 0.2) is 24.3 Å². The molecule has 0 amide bonds. The molecule has 0 aromatic heterocycles. The van der Waals surface area contributed by atoms with Gasteiger partial charge in [0.25, 0.3) is 5.69 Å². The Kier molecular flexibility index (Phi) is 5.09. The fraction of sp³-hybridized carbons (Fsp3) is 0.364. The van der Waals surface area contributed by atoms with Crippen molar-refractivity contribution in [3.8, 4) is 0 Å². The fourth-order valence-electron chi connectivity index (χ4n) is 1.37. The molecule has 0 aliphatic carbocycles. The van der Waals surface area contributed by atoms with Crippen molar-refractivity contribution in [2.45, 2.75) is 18.2 Å². The zero-order chi connectivity index (χ0) is 12.8. The lowest BCUT2D eigenvalue weighted by Crippen LogP contribution is -2.20. The Balaban J connectivity index is 2.81. The number of nitrogens with zero attached hydrogens (tertiary/aromatic N) is 1. The lowest BCUT2D eigenvalue weighted by molar-refractivity contribution is -0.385. The topological polar surface area (TPSA) is 69.4 Å². The lowest BCUT2D eigenvalue weighted by Gasteiger charge is -2.09. The maximum absolute atomic E-state index is 11.4. The summed E-state index contributed by atoms with van der Waals surface area (Å²) in [6.45, 7) is 2.00. The highest BCUT2D eigenvalue weighted by molar-refractivity contribution is 9.10. The molecule has 0 bridgehead atoms. The van der Waals surface area contributed by atoms with Crippen LogP contribution in [0, 0.1) is 10.1 Å². The van der Waals surface area contributed by atoms with Crippen LogP contribution in [0.1, 0.15) is 12.5 Å². The van der Waals surface area contributed by atoms with Gasteiger partial charge in [-0.25, -0.2) is 0 Å². The highest BCUT2D eigenvalue weighted by Crippen LogP contribution is 2.21. The van der Waals surface area contributed by atoms with Crippen molar-refractivity contribution in [1.29, 1.82) is 0 Å². The minimum absolute atomic E-state index is 0.0150. The highest BCUT2D eigenvalue weighted by Gasteiger charge is 2.21. The number of carbonyl (C=O) groups excluding carboxylic acids is 1. The van der Waals surface area contributed by atoms with Gasteiger partial charge in [-0.15, -0.1) is 0 Å². The van der Waals surface area contributed by atoms with Gasteiger partial charge < -0.3 is 4.74 Å². The molecule has 92 valence electrons. The number of ether oxygens (including phenoxy) is 1. The molecule has 1 atom stereocenters. The first-order valence-corrected chi connectivity index (χ1v) is 6.00. The maximum Gasteiger partial charge on any atom is 0.320 e. The molecule has 1 aromatic rings. The first-order chi connectivity index (χ1) is 8.06. The van der Waals surface area contributed by atoms with Crippen LogP contribution in [0.3, 0.4) is 0 Å². The average molecular weight is 302 g/mol.